The van der Waals surface area contributed by atoms with E-state index in [1.807, 2.05) is 13.0 Å². The van der Waals surface area contributed by atoms with E-state index in [1.165, 1.54) is 0 Å². The highest BCUT2D eigenvalue weighted by atomic mass is 35.5. The lowest BCUT2D eigenvalue weighted by atomic mass is 9.95. The second-order valence-electron chi connectivity index (χ2n) is 5.21. The number of hydrogen-bond donors (Lipinski definition) is 1. The second-order valence-corrected chi connectivity index (χ2v) is 5.62. The fourth-order valence-corrected chi connectivity index (χ4v) is 3.17. The minimum atomic E-state index is -0.392. The van der Waals surface area contributed by atoms with Gasteiger partial charge >= 0.3 is 0 Å². The largest absolute Gasteiger partial charge is 0.388 e. The third kappa shape index (κ3) is 2.02. The monoisotopic (exact) mass is 286 g/mol. The number of aliphatic hydroxyl groups is 1. The quantitative estimate of drug-likeness (QED) is 0.869. The lowest BCUT2D eigenvalue weighted by Gasteiger charge is -2.21. The highest BCUT2D eigenvalue weighted by Crippen LogP contribution is 2.35. The molecular weight excluding hydrogens is 272 g/mol. The first kappa shape index (κ1) is 13.2. The summed E-state index contributed by atoms with van der Waals surface area (Å²) in [6.07, 6.45) is 2.31. The standard InChI is InChI=1S/C16H15ClN2O/c1-10-7-12-14(3-2-4-16(12)20)19(10)15-8-11(9-18)5-6-13(15)17/h5-8,16,20H,2-4H2,1H3. The molecule has 1 aliphatic carbocycles. The molecule has 20 heavy (non-hydrogen) atoms. The van der Waals surface area contributed by atoms with Crippen LogP contribution in [0, 0.1) is 18.3 Å². The SMILES string of the molecule is Cc1cc2c(n1-c1cc(C#N)ccc1Cl)CCCC2O. The van der Waals surface area contributed by atoms with Gasteiger partial charge in [-0.1, -0.05) is 11.6 Å². The molecule has 1 aromatic carbocycles. The molecule has 0 radical (unpaired) electrons. The van der Waals surface area contributed by atoms with Gasteiger partial charge in [0.1, 0.15) is 0 Å². The topological polar surface area (TPSA) is 49.0 Å². The van der Waals surface area contributed by atoms with E-state index in [0.29, 0.717) is 10.6 Å². The molecule has 4 heteroatoms. The Balaban J connectivity index is 2.23. The number of benzene rings is 1. The lowest BCUT2D eigenvalue weighted by molar-refractivity contribution is 0.156. The van der Waals surface area contributed by atoms with E-state index in [4.69, 9.17) is 16.9 Å². The van der Waals surface area contributed by atoms with Crippen LogP contribution in [-0.2, 0) is 6.42 Å². The Morgan fingerprint density at radius 3 is 2.95 bits per heavy atom. The molecule has 1 atom stereocenters. The van der Waals surface area contributed by atoms with Crippen molar-refractivity contribution in [3.8, 4) is 11.8 Å². The summed E-state index contributed by atoms with van der Waals surface area (Å²) in [5, 5.41) is 19.8. The summed E-state index contributed by atoms with van der Waals surface area (Å²) in [6, 6.07) is 9.43. The zero-order valence-corrected chi connectivity index (χ0v) is 12.0. The van der Waals surface area contributed by atoms with Crippen molar-refractivity contribution in [1.29, 1.82) is 5.26 Å². The van der Waals surface area contributed by atoms with E-state index in [9.17, 15) is 5.11 Å². The van der Waals surface area contributed by atoms with Gasteiger partial charge in [0.05, 0.1) is 28.4 Å². The number of rotatable bonds is 1. The molecular formula is C16H15ClN2O. The third-order valence-electron chi connectivity index (χ3n) is 3.89. The van der Waals surface area contributed by atoms with Gasteiger partial charge in [0.2, 0.25) is 0 Å². The van der Waals surface area contributed by atoms with E-state index < -0.39 is 6.10 Å². The van der Waals surface area contributed by atoms with Crippen molar-refractivity contribution >= 4 is 11.6 Å². The number of nitriles is 1. The Hall–Kier alpha value is -1.76. The first-order valence-electron chi connectivity index (χ1n) is 6.71. The smallest absolute Gasteiger partial charge is 0.0992 e. The number of aryl methyl sites for hydroxylation is 1. The Kier molecular flexibility index (Phi) is 3.29. The van der Waals surface area contributed by atoms with E-state index in [-0.39, 0.29) is 0 Å². The van der Waals surface area contributed by atoms with E-state index in [2.05, 4.69) is 10.6 Å². The summed E-state index contributed by atoms with van der Waals surface area (Å²) in [4.78, 5) is 0. The summed E-state index contributed by atoms with van der Waals surface area (Å²) < 4.78 is 2.07. The number of fused-ring (bicyclic) bond motifs is 1. The molecule has 1 heterocycles. The van der Waals surface area contributed by atoms with Crippen LogP contribution in [0.1, 0.15) is 41.5 Å². The van der Waals surface area contributed by atoms with Gasteiger partial charge in [-0.3, -0.25) is 0 Å². The molecule has 0 bridgehead atoms. The van der Waals surface area contributed by atoms with Gasteiger partial charge in [-0.05, 0) is 50.5 Å². The Labute approximate surface area is 123 Å². The molecule has 0 amide bonds. The predicted octanol–water partition coefficient (Wildman–Crippen LogP) is 3.68. The normalized spacial score (nSPS) is 17.6. The molecule has 1 unspecified atom stereocenters. The van der Waals surface area contributed by atoms with Crippen molar-refractivity contribution in [2.24, 2.45) is 0 Å². The fourth-order valence-electron chi connectivity index (χ4n) is 2.97. The average Bonchev–Trinajstić information content (AvgIpc) is 2.77. The minimum Gasteiger partial charge on any atom is -0.388 e. The fraction of sp³-hybridized carbons (Fsp3) is 0.312. The lowest BCUT2D eigenvalue weighted by Crippen LogP contribution is -2.11. The Morgan fingerprint density at radius 1 is 1.40 bits per heavy atom. The number of halogens is 1. The molecule has 0 saturated heterocycles. The van der Waals surface area contributed by atoms with Crippen molar-refractivity contribution in [2.45, 2.75) is 32.3 Å². The maximum absolute atomic E-state index is 10.1. The van der Waals surface area contributed by atoms with Gasteiger partial charge in [0.15, 0.2) is 0 Å². The summed E-state index contributed by atoms with van der Waals surface area (Å²) in [5.74, 6) is 0. The van der Waals surface area contributed by atoms with Crippen LogP contribution in [0.15, 0.2) is 24.3 Å². The van der Waals surface area contributed by atoms with Gasteiger partial charge in [-0.2, -0.15) is 5.26 Å². The van der Waals surface area contributed by atoms with Crippen LogP contribution in [0.3, 0.4) is 0 Å². The summed E-state index contributed by atoms with van der Waals surface area (Å²) in [6.45, 7) is 2.00. The zero-order chi connectivity index (χ0) is 14.3. The van der Waals surface area contributed by atoms with E-state index in [1.54, 1.807) is 18.2 Å². The molecule has 1 aliphatic rings. The van der Waals surface area contributed by atoms with Gasteiger partial charge in [0, 0.05) is 17.0 Å². The molecule has 1 aromatic heterocycles. The molecule has 2 aromatic rings. The van der Waals surface area contributed by atoms with Gasteiger partial charge < -0.3 is 9.67 Å². The van der Waals surface area contributed by atoms with E-state index in [0.717, 1.165) is 41.9 Å². The van der Waals surface area contributed by atoms with Gasteiger partial charge in [-0.15, -0.1) is 0 Å². The number of nitrogens with zero attached hydrogens (tertiary/aromatic N) is 2. The number of aliphatic hydroxyl groups excluding tert-OH is 1. The molecule has 3 nitrogen and oxygen atoms in total. The van der Waals surface area contributed by atoms with Crippen molar-refractivity contribution < 1.29 is 5.11 Å². The van der Waals surface area contributed by atoms with Gasteiger partial charge in [0.25, 0.3) is 0 Å². The van der Waals surface area contributed by atoms with Crippen molar-refractivity contribution in [3.05, 3.63) is 51.8 Å². The summed E-state index contributed by atoms with van der Waals surface area (Å²) in [7, 11) is 0. The molecule has 102 valence electrons. The van der Waals surface area contributed by atoms with E-state index >= 15 is 0 Å². The van der Waals surface area contributed by atoms with Crippen LogP contribution in [-0.4, -0.2) is 9.67 Å². The first-order valence-corrected chi connectivity index (χ1v) is 7.09. The average molecular weight is 287 g/mol. The Morgan fingerprint density at radius 2 is 2.20 bits per heavy atom. The highest BCUT2D eigenvalue weighted by Gasteiger charge is 2.24. The number of hydrogen-bond acceptors (Lipinski definition) is 2. The third-order valence-corrected chi connectivity index (χ3v) is 4.21. The van der Waals surface area contributed by atoms with Crippen molar-refractivity contribution in [3.63, 3.8) is 0 Å². The van der Waals surface area contributed by atoms with Crippen LogP contribution < -0.4 is 0 Å². The van der Waals surface area contributed by atoms with Crippen LogP contribution >= 0.6 is 11.6 Å². The molecule has 3 rings (SSSR count). The molecule has 0 spiro atoms. The second kappa shape index (κ2) is 4.97. The van der Waals surface area contributed by atoms with Crippen LogP contribution in [0.25, 0.3) is 5.69 Å². The number of aromatic nitrogens is 1. The van der Waals surface area contributed by atoms with Gasteiger partial charge in [-0.25, -0.2) is 0 Å². The summed E-state index contributed by atoms with van der Waals surface area (Å²) in [5.41, 5.74) is 4.54. The first-order chi connectivity index (χ1) is 9.61. The molecule has 0 saturated carbocycles. The highest BCUT2D eigenvalue weighted by molar-refractivity contribution is 6.32. The van der Waals surface area contributed by atoms with Crippen molar-refractivity contribution in [1.82, 2.24) is 4.57 Å². The van der Waals surface area contributed by atoms with Crippen molar-refractivity contribution in [2.75, 3.05) is 0 Å². The Bertz CT molecular complexity index is 712. The maximum Gasteiger partial charge on any atom is 0.0992 e. The molecule has 0 fully saturated rings. The minimum absolute atomic E-state index is 0.392. The van der Waals surface area contributed by atoms with Crippen LogP contribution in [0.2, 0.25) is 5.02 Å². The maximum atomic E-state index is 10.1. The molecule has 0 aliphatic heterocycles. The molecule has 1 N–H and O–H groups in total. The predicted molar refractivity (Wildman–Crippen MR) is 78.1 cm³/mol. The van der Waals surface area contributed by atoms with Crippen LogP contribution in [0.5, 0.6) is 0 Å². The summed E-state index contributed by atoms with van der Waals surface area (Å²) >= 11 is 6.30. The zero-order valence-electron chi connectivity index (χ0n) is 11.2. The van der Waals surface area contributed by atoms with Crippen LogP contribution in [0.4, 0.5) is 0 Å².